The van der Waals surface area contributed by atoms with Crippen molar-refractivity contribution in [1.82, 2.24) is 5.32 Å². The molecule has 1 aromatic rings. The Hall–Kier alpha value is -1.53. The van der Waals surface area contributed by atoms with E-state index in [2.05, 4.69) is 5.32 Å². The summed E-state index contributed by atoms with van der Waals surface area (Å²) < 4.78 is 5.49. The van der Waals surface area contributed by atoms with Gasteiger partial charge in [-0.3, -0.25) is 10.1 Å². The molecule has 1 saturated heterocycles. The van der Waals surface area contributed by atoms with Crippen LogP contribution in [0.15, 0.2) is 30.3 Å². The predicted octanol–water partition coefficient (Wildman–Crippen LogP) is 1.97. The predicted molar refractivity (Wildman–Crippen MR) is 81.0 cm³/mol. The van der Waals surface area contributed by atoms with Crippen molar-refractivity contribution in [3.63, 3.8) is 0 Å². The molecule has 5 nitrogen and oxygen atoms in total. The van der Waals surface area contributed by atoms with Crippen molar-refractivity contribution < 1.29 is 19.4 Å². The van der Waals surface area contributed by atoms with E-state index in [4.69, 9.17) is 4.74 Å². The number of hydrogen-bond donors (Lipinski definition) is 2. The zero-order valence-corrected chi connectivity index (χ0v) is 13.1. The molecule has 1 aliphatic rings. The van der Waals surface area contributed by atoms with Gasteiger partial charge in [0.2, 0.25) is 0 Å². The lowest BCUT2D eigenvalue weighted by atomic mass is 10.0. The molecule has 21 heavy (non-hydrogen) atoms. The summed E-state index contributed by atoms with van der Waals surface area (Å²) in [5, 5.41) is 12.1. The number of rotatable bonds is 3. The van der Waals surface area contributed by atoms with Crippen molar-refractivity contribution in [3.8, 4) is 0 Å². The summed E-state index contributed by atoms with van der Waals surface area (Å²) in [4.78, 5) is 22.7. The first-order chi connectivity index (χ1) is 9.74. The van der Waals surface area contributed by atoms with Crippen molar-refractivity contribution in [3.05, 3.63) is 35.9 Å². The van der Waals surface area contributed by atoms with E-state index in [9.17, 15) is 14.7 Å². The Labute approximate surface area is 128 Å². The Morgan fingerprint density at radius 2 is 1.95 bits per heavy atom. The number of carbonyl (C=O) groups is 2. The zero-order chi connectivity index (χ0) is 15.7. The van der Waals surface area contributed by atoms with Crippen LogP contribution in [0.1, 0.15) is 26.3 Å². The van der Waals surface area contributed by atoms with E-state index in [1.165, 1.54) is 11.8 Å². The van der Waals surface area contributed by atoms with Crippen LogP contribution in [0, 0.1) is 0 Å². The molecule has 2 N–H and O–H groups in total. The molecular formula is C15H19NO4S. The second kappa shape index (κ2) is 5.69. The fraction of sp³-hybridized carbons (Fsp3) is 0.467. The van der Waals surface area contributed by atoms with E-state index in [1.54, 1.807) is 32.9 Å². The van der Waals surface area contributed by atoms with Crippen LogP contribution in [0.25, 0.3) is 0 Å². The highest BCUT2D eigenvalue weighted by Gasteiger charge is 2.51. The average molecular weight is 309 g/mol. The lowest BCUT2D eigenvalue weighted by molar-refractivity contribution is -0.159. The van der Waals surface area contributed by atoms with E-state index in [0.717, 1.165) is 0 Å². The van der Waals surface area contributed by atoms with Gasteiger partial charge in [0, 0.05) is 5.75 Å². The summed E-state index contributed by atoms with van der Waals surface area (Å²) in [6.45, 7) is 5.37. The van der Waals surface area contributed by atoms with Gasteiger partial charge in [-0.1, -0.05) is 30.3 Å². The van der Waals surface area contributed by atoms with Crippen LogP contribution >= 0.6 is 11.8 Å². The summed E-state index contributed by atoms with van der Waals surface area (Å²) in [5.41, 5.74) is 0.0654. The molecule has 1 aliphatic heterocycles. The number of nitrogens with one attached hydrogen (secondary N) is 1. The molecule has 0 radical (unpaired) electrons. The maximum atomic E-state index is 12.7. The second-order valence-electron chi connectivity index (χ2n) is 5.90. The Morgan fingerprint density at radius 1 is 1.33 bits per heavy atom. The number of aliphatic carboxylic acids is 1. The lowest BCUT2D eigenvalue weighted by Gasteiger charge is -2.31. The maximum Gasteiger partial charge on any atom is 0.342 e. The molecule has 2 unspecified atom stereocenters. The summed E-state index contributed by atoms with van der Waals surface area (Å²) in [5.74, 6) is -1.12. The summed E-state index contributed by atoms with van der Waals surface area (Å²) in [7, 11) is 0. The number of carbonyl (C=O) groups excluding carboxylic acids is 1. The van der Waals surface area contributed by atoms with E-state index in [0.29, 0.717) is 11.3 Å². The topological polar surface area (TPSA) is 75.6 Å². The van der Waals surface area contributed by atoms with Gasteiger partial charge in [-0.05, 0) is 26.3 Å². The van der Waals surface area contributed by atoms with Gasteiger partial charge in [0.15, 0.2) is 4.87 Å². The van der Waals surface area contributed by atoms with E-state index < -0.39 is 28.5 Å². The average Bonchev–Trinajstić information content (AvgIpc) is 2.84. The van der Waals surface area contributed by atoms with Gasteiger partial charge < -0.3 is 9.84 Å². The Balaban J connectivity index is 2.37. The van der Waals surface area contributed by atoms with E-state index in [1.807, 2.05) is 18.2 Å². The van der Waals surface area contributed by atoms with E-state index in [-0.39, 0.29) is 0 Å². The number of benzene rings is 1. The fourth-order valence-electron chi connectivity index (χ4n) is 2.10. The molecule has 1 aromatic carbocycles. The molecule has 1 fully saturated rings. The van der Waals surface area contributed by atoms with Crippen LogP contribution in [0.3, 0.4) is 0 Å². The number of hydrogen-bond acceptors (Lipinski definition) is 5. The van der Waals surface area contributed by atoms with Crippen molar-refractivity contribution in [2.24, 2.45) is 0 Å². The molecule has 0 bridgehead atoms. The minimum atomic E-state index is -1.17. The minimum absolute atomic E-state index is 0.309. The highest BCUT2D eigenvalue weighted by atomic mass is 32.2. The fourth-order valence-corrected chi connectivity index (χ4v) is 3.43. The molecule has 2 atom stereocenters. The van der Waals surface area contributed by atoms with Crippen molar-refractivity contribution in [2.45, 2.75) is 37.3 Å². The van der Waals surface area contributed by atoms with Gasteiger partial charge in [-0.15, -0.1) is 11.8 Å². The van der Waals surface area contributed by atoms with E-state index >= 15 is 0 Å². The minimum Gasteiger partial charge on any atom is -0.480 e. The number of thioether (sulfide) groups is 1. The summed E-state index contributed by atoms with van der Waals surface area (Å²) in [6, 6.07) is 8.31. The lowest BCUT2D eigenvalue weighted by Crippen LogP contribution is -2.50. The molecule has 2 rings (SSSR count). The number of ether oxygens (including phenoxy) is 1. The van der Waals surface area contributed by atoms with Gasteiger partial charge in [0.05, 0.1) is 0 Å². The third kappa shape index (κ3) is 3.39. The molecule has 0 saturated carbocycles. The van der Waals surface area contributed by atoms with Crippen molar-refractivity contribution in [1.29, 1.82) is 0 Å². The number of carboxylic acid groups (broad SMARTS) is 1. The van der Waals surface area contributed by atoms with Crippen molar-refractivity contribution >= 4 is 23.7 Å². The van der Waals surface area contributed by atoms with Crippen molar-refractivity contribution in [2.75, 3.05) is 5.75 Å². The summed E-state index contributed by atoms with van der Waals surface area (Å²) in [6.07, 6.45) is 0. The molecule has 1 heterocycles. The third-order valence-electron chi connectivity index (χ3n) is 3.01. The molecule has 0 amide bonds. The molecule has 0 spiro atoms. The molecule has 0 aromatic heterocycles. The van der Waals surface area contributed by atoms with Gasteiger partial charge in [0.25, 0.3) is 0 Å². The van der Waals surface area contributed by atoms with Crippen LogP contribution < -0.4 is 5.32 Å². The van der Waals surface area contributed by atoms with Crippen LogP contribution in [0.2, 0.25) is 0 Å². The molecule has 0 aliphatic carbocycles. The highest BCUT2D eigenvalue weighted by molar-refractivity contribution is 8.01. The zero-order valence-electron chi connectivity index (χ0n) is 12.3. The Morgan fingerprint density at radius 3 is 2.43 bits per heavy atom. The van der Waals surface area contributed by atoms with Gasteiger partial charge in [-0.25, -0.2) is 4.79 Å². The van der Waals surface area contributed by atoms with Crippen LogP contribution in [-0.2, 0) is 19.2 Å². The normalized spacial score (nSPS) is 25.6. The molecule has 6 heteroatoms. The standard InChI is InChI=1S/C15H19NO4S/c1-14(2,3)20-13(19)15(10-7-5-4-6-8-10)16-11(9-21-15)12(17)18/h4-8,11,16H,9H2,1-3H3,(H,17,18). The second-order valence-corrected chi connectivity index (χ2v) is 7.13. The Kier molecular flexibility index (Phi) is 4.30. The molecular weight excluding hydrogens is 290 g/mol. The smallest absolute Gasteiger partial charge is 0.342 e. The SMILES string of the molecule is CC(C)(C)OC(=O)C1(c2ccccc2)NC(C(=O)O)CS1. The quantitative estimate of drug-likeness (QED) is 0.832. The number of esters is 1. The van der Waals surface area contributed by atoms with Gasteiger partial charge in [-0.2, -0.15) is 0 Å². The monoisotopic (exact) mass is 309 g/mol. The maximum absolute atomic E-state index is 12.7. The van der Waals surface area contributed by atoms with Crippen LogP contribution in [0.4, 0.5) is 0 Å². The van der Waals surface area contributed by atoms with Crippen LogP contribution in [-0.4, -0.2) is 34.4 Å². The largest absolute Gasteiger partial charge is 0.480 e. The molecule has 114 valence electrons. The first-order valence-corrected chi connectivity index (χ1v) is 7.66. The third-order valence-corrected chi connectivity index (χ3v) is 4.46. The Bertz CT molecular complexity index is 540. The van der Waals surface area contributed by atoms with Gasteiger partial charge in [0.1, 0.15) is 11.6 Å². The first kappa shape index (κ1) is 15.9. The first-order valence-electron chi connectivity index (χ1n) is 6.68. The summed E-state index contributed by atoms with van der Waals surface area (Å²) >= 11 is 1.26. The number of carboxylic acids is 1. The van der Waals surface area contributed by atoms with Gasteiger partial charge >= 0.3 is 11.9 Å². The van der Waals surface area contributed by atoms with Crippen LogP contribution in [0.5, 0.6) is 0 Å². The highest BCUT2D eigenvalue weighted by Crippen LogP contribution is 2.41.